The van der Waals surface area contributed by atoms with Crippen LogP contribution in [0.3, 0.4) is 0 Å². The van der Waals surface area contributed by atoms with Crippen LogP contribution < -0.4 is 10.1 Å². The Balaban J connectivity index is 1.68. The summed E-state index contributed by atoms with van der Waals surface area (Å²) in [7, 11) is 1.68. The number of benzene rings is 2. The van der Waals surface area contributed by atoms with Gasteiger partial charge in [0.15, 0.2) is 0 Å². The minimum Gasteiger partial charge on any atom is -0.497 e. The molecular formula is C18H17BrN4O. The van der Waals surface area contributed by atoms with Crippen LogP contribution >= 0.6 is 15.9 Å². The van der Waals surface area contributed by atoms with Crippen LogP contribution in [0.15, 0.2) is 59.3 Å². The fraction of sp³-hybridized carbons (Fsp3) is 0.222. The van der Waals surface area contributed by atoms with Gasteiger partial charge in [-0.2, -0.15) is 10.1 Å². The second-order valence-corrected chi connectivity index (χ2v) is 6.72. The normalized spacial score (nSPS) is 19.4. The number of hydrogen-bond donors (Lipinski definition) is 1. The van der Waals surface area contributed by atoms with Gasteiger partial charge < -0.3 is 10.1 Å². The van der Waals surface area contributed by atoms with E-state index in [4.69, 9.17) is 4.74 Å². The molecule has 0 saturated heterocycles. The molecule has 122 valence electrons. The highest BCUT2D eigenvalue weighted by Gasteiger charge is 2.29. The number of anilines is 1. The number of aromatic nitrogens is 3. The lowest BCUT2D eigenvalue weighted by molar-refractivity contribution is 0.413. The molecule has 5 nitrogen and oxygen atoms in total. The van der Waals surface area contributed by atoms with E-state index in [1.165, 1.54) is 11.1 Å². The van der Waals surface area contributed by atoms with Crippen molar-refractivity contribution in [3.63, 3.8) is 0 Å². The maximum absolute atomic E-state index is 5.25. The van der Waals surface area contributed by atoms with Gasteiger partial charge in [0.05, 0.1) is 19.2 Å². The fourth-order valence-electron chi connectivity index (χ4n) is 3.14. The van der Waals surface area contributed by atoms with Gasteiger partial charge in [0.1, 0.15) is 12.1 Å². The van der Waals surface area contributed by atoms with Gasteiger partial charge in [-0.05, 0) is 41.8 Å². The second-order valence-electron chi connectivity index (χ2n) is 5.80. The highest BCUT2D eigenvalue weighted by molar-refractivity contribution is 9.10. The van der Waals surface area contributed by atoms with Crippen LogP contribution in [0.25, 0.3) is 0 Å². The zero-order chi connectivity index (χ0) is 16.5. The molecule has 0 radical (unpaired) electrons. The van der Waals surface area contributed by atoms with Crippen LogP contribution in [-0.4, -0.2) is 21.9 Å². The molecule has 4 rings (SSSR count). The van der Waals surface area contributed by atoms with Crippen LogP contribution in [0.4, 0.5) is 5.95 Å². The minimum atomic E-state index is 0.156. The maximum atomic E-state index is 5.25. The number of ether oxygens (including phenoxy) is 1. The lowest BCUT2D eigenvalue weighted by Crippen LogP contribution is -2.28. The lowest BCUT2D eigenvalue weighted by atomic mass is 9.93. The van der Waals surface area contributed by atoms with Crippen molar-refractivity contribution in [1.29, 1.82) is 0 Å². The molecule has 0 unspecified atom stereocenters. The van der Waals surface area contributed by atoms with E-state index in [9.17, 15) is 0 Å². The Bertz CT molecular complexity index is 829. The molecule has 0 spiro atoms. The zero-order valence-corrected chi connectivity index (χ0v) is 14.8. The van der Waals surface area contributed by atoms with E-state index in [1.54, 1.807) is 13.4 Å². The first-order chi connectivity index (χ1) is 11.7. The molecule has 6 heteroatoms. The Kier molecular flexibility index (Phi) is 3.98. The monoisotopic (exact) mass is 384 g/mol. The Morgan fingerprint density at radius 3 is 2.50 bits per heavy atom. The average molecular weight is 385 g/mol. The Morgan fingerprint density at radius 2 is 1.79 bits per heavy atom. The summed E-state index contributed by atoms with van der Waals surface area (Å²) >= 11 is 3.50. The van der Waals surface area contributed by atoms with Crippen LogP contribution in [0.1, 0.15) is 29.6 Å². The summed E-state index contributed by atoms with van der Waals surface area (Å²) in [6, 6.07) is 16.9. The van der Waals surface area contributed by atoms with Crippen molar-refractivity contribution in [2.45, 2.75) is 18.5 Å². The molecule has 1 N–H and O–H groups in total. The largest absolute Gasteiger partial charge is 0.497 e. The third-order valence-electron chi connectivity index (χ3n) is 4.40. The quantitative estimate of drug-likeness (QED) is 0.735. The highest BCUT2D eigenvalue weighted by atomic mass is 79.9. The SMILES string of the molecule is COc1ccc([C@@H]2C[C@H](c3ccc(Br)cc3)n3ncnc3N2)cc1. The number of hydrogen-bond acceptors (Lipinski definition) is 4. The van der Waals surface area contributed by atoms with E-state index in [0.29, 0.717) is 0 Å². The number of rotatable bonds is 3. The first-order valence-corrected chi connectivity index (χ1v) is 8.59. The summed E-state index contributed by atoms with van der Waals surface area (Å²) in [5, 5.41) is 7.88. The topological polar surface area (TPSA) is 52.0 Å². The molecule has 1 aliphatic rings. The molecule has 0 amide bonds. The molecule has 0 aliphatic carbocycles. The van der Waals surface area contributed by atoms with Crippen LogP contribution in [0.5, 0.6) is 5.75 Å². The first-order valence-electron chi connectivity index (χ1n) is 7.80. The fourth-order valence-corrected chi connectivity index (χ4v) is 3.40. The van der Waals surface area contributed by atoms with E-state index >= 15 is 0 Å². The van der Waals surface area contributed by atoms with Crippen molar-refractivity contribution in [2.24, 2.45) is 0 Å². The standard InChI is InChI=1S/C18H17BrN4O/c1-24-15-8-4-12(5-9-15)16-10-17(13-2-6-14(19)7-3-13)23-18(22-16)20-11-21-23/h2-9,11,16-17H,10H2,1H3,(H,20,21,22)/t16-,17+/m0/s1. The molecule has 1 aromatic heterocycles. The van der Waals surface area contributed by atoms with Crippen molar-refractivity contribution in [1.82, 2.24) is 14.8 Å². The number of fused-ring (bicyclic) bond motifs is 1. The van der Waals surface area contributed by atoms with Gasteiger partial charge in [-0.3, -0.25) is 0 Å². The van der Waals surface area contributed by atoms with Crippen molar-refractivity contribution >= 4 is 21.9 Å². The zero-order valence-electron chi connectivity index (χ0n) is 13.2. The van der Waals surface area contributed by atoms with Gasteiger partial charge in [0.2, 0.25) is 5.95 Å². The highest BCUT2D eigenvalue weighted by Crippen LogP contribution is 2.37. The molecule has 0 bridgehead atoms. The molecule has 1 aliphatic heterocycles. The Hall–Kier alpha value is -2.34. The van der Waals surface area contributed by atoms with Gasteiger partial charge in [0, 0.05) is 4.47 Å². The summed E-state index contributed by atoms with van der Waals surface area (Å²) in [5.41, 5.74) is 2.44. The molecule has 0 saturated carbocycles. The molecule has 2 heterocycles. The summed E-state index contributed by atoms with van der Waals surface area (Å²) < 4.78 is 8.29. The molecule has 24 heavy (non-hydrogen) atoms. The summed E-state index contributed by atoms with van der Waals surface area (Å²) in [6.45, 7) is 0. The Morgan fingerprint density at radius 1 is 1.08 bits per heavy atom. The van der Waals surface area contributed by atoms with E-state index in [2.05, 4.69) is 67.7 Å². The summed E-state index contributed by atoms with van der Waals surface area (Å²) in [5.74, 6) is 1.66. The number of halogens is 1. The lowest BCUT2D eigenvalue weighted by Gasteiger charge is -2.31. The van der Waals surface area contributed by atoms with Gasteiger partial charge in [-0.15, -0.1) is 0 Å². The third-order valence-corrected chi connectivity index (χ3v) is 4.93. The average Bonchev–Trinajstić information content (AvgIpc) is 3.10. The van der Waals surface area contributed by atoms with Crippen molar-refractivity contribution in [2.75, 3.05) is 12.4 Å². The first kappa shape index (κ1) is 15.2. The number of nitrogens with zero attached hydrogens (tertiary/aromatic N) is 3. The summed E-state index contributed by atoms with van der Waals surface area (Å²) in [4.78, 5) is 4.37. The number of nitrogens with one attached hydrogen (secondary N) is 1. The molecule has 2 aromatic carbocycles. The van der Waals surface area contributed by atoms with Gasteiger partial charge in [-0.1, -0.05) is 40.2 Å². The molecular weight excluding hydrogens is 368 g/mol. The van der Waals surface area contributed by atoms with Gasteiger partial charge in [0.25, 0.3) is 0 Å². The molecule has 2 atom stereocenters. The predicted octanol–water partition coefficient (Wildman–Crippen LogP) is 4.20. The van der Waals surface area contributed by atoms with Crippen LogP contribution in [-0.2, 0) is 0 Å². The predicted molar refractivity (Wildman–Crippen MR) is 96.3 cm³/mol. The van der Waals surface area contributed by atoms with Gasteiger partial charge >= 0.3 is 0 Å². The van der Waals surface area contributed by atoms with Crippen LogP contribution in [0, 0.1) is 0 Å². The number of methoxy groups -OCH3 is 1. The van der Waals surface area contributed by atoms with E-state index in [1.807, 2.05) is 16.8 Å². The van der Waals surface area contributed by atoms with E-state index in [0.717, 1.165) is 22.6 Å². The molecule has 3 aromatic rings. The van der Waals surface area contributed by atoms with Crippen molar-refractivity contribution in [3.05, 3.63) is 70.5 Å². The second kappa shape index (κ2) is 6.28. The third kappa shape index (κ3) is 2.78. The van der Waals surface area contributed by atoms with Crippen LogP contribution in [0.2, 0.25) is 0 Å². The van der Waals surface area contributed by atoms with Crippen molar-refractivity contribution in [3.8, 4) is 5.75 Å². The smallest absolute Gasteiger partial charge is 0.222 e. The Labute approximate surface area is 148 Å². The molecule has 0 fully saturated rings. The van der Waals surface area contributed by atoms with E-state index in [-0.39, 0.29) is 12.1 Å². The van der Waals surface area contributed by atoms with E-state index < -0.39 is 0 Å². The summed E-state index contributed by atoms with van der Waals surface area (Å²) in [6.07, 6.45) is 2.51. The van der Waals surface area contributed by atoms with Crippen molar-refractivity contribution < 1.29 is 4.74 Å². The van der Waals surface area contributed by atoms with Gasteiger partial charge in [-0.25, -0.2) is 4.68 Å². The minimum absolute atomic E-state index is 0.156. The maximum Gasteiger partial charge on any atom is 0.222 e.